The summed E-state index contributed by atoms with van der Waals surface area (Å²) in [6.07, 6.45) is 6.45. The van der Waals surface area contributed by atoms with E-state index in [0.29, 0.717) is 6.04 Å². The van der Waals surface area contributed by atoms with Crippen LogP contribution < -0.4 is 5.32 Å². The molecule has 1 atom stereocenters. The number of esters is 1. The zero-order valence-electron chi connectivity index (χ0n) is 12.6. The molecule has 0 aliphatic carbocycles. The molecule has 0 radical (unpaired) electrons. The molecule has 0 bridgehead atoms. The minimum Gasteiger partial charge on any atom is -0.455 e. The SMILES string of the molecule is CC(C)(C)OC(=O)c1cn(CCC2CCCCN2)nn1. The molecule has 0 spiro atoms. The Hall–Kier alpha value is -1.43. The maximum absolute atomic E-state index is 11.8. The highest BCUT2D eigenvalue weighted by Crippen LogP contribution is 2.12. The highest BCUT2D eigenvalue weighted by molar-refractivity contribution is 5.86. The van der Waals surface area contributed by atoms with E-state index in [-0.39, 0.29) is 5.69 Å². The number of aromatic nitrogens is 3. The number of piperidine rings is 1. The molecule has 0 aromatic carbocycles. The normalized spacial score (nSPS) is 19.9. The van der Waals surface area contributed by atoms with E-state index in [1.807, 2.05) is 20.8 Å². The van der Waals surface area contributed by atoms with Crippen LogP contribution in [-0.2, 0) is 11.3 Å². The summed E-state index contributed by atoms with van der Waals surface area (Å²) >= 11 is 0. The molecular weight excluding hydrogens is 256 g/mol. The fourth-order valence-corrected chi connectivity index (χ4v) is 2.29. The molecule has 0 saturated carbocycles. The van der Waals surface area contributed by atoms with Gasteiger partial charge in [-0.25, -0.2) is 4.79 Å². The van der Waals surface area contributed by atoms with Gasteiger partial charge in [0.15, 0.2) is 5.69 Å². The lowest BCUT2D eigenvalue weighted by Crippen LogP contribution is -2.34. The second-order valence-corrected chi connectivity index (χ2v) is 6.30. The van der Waals surface area contributed by atoms with Gasteiger partial charge in [0.2, 0.25) is 0 Å². The van der Waals surface area contributed by atoms with Crippen molar-refractivity contribution >= 4 is 5.97 Å². The molecule has 1 saturated heterocycles. The van der Waals surface area contributed by atoms with Crippen molar-refractivity contribution in [1.29, 1.82) is 0 Å². The largest absolute Gasteiger partial charge is 0.455 e. The molecule has 6 heteroatoms. The second-order valence-electron chi connectivity index (χ2n) is 6.30. The number of aryl methyl sites for hydroxylation is 1. The summed E-state index contributed by atoms with van der Waals surface area (Å²) in [6, 6.07) is 0.554. The van der Waals surface area contributed by atoms with Crippen molar-refractivity contribution in [3.8, 4) is 0 Å². The summed E-state index contributed by atoms with van der Waals surface area (Å²) in [4.78, 5) is 11.8. The van der Waals surface area contributed by atoms with E-state index in [2.05, 4.69) is 15.6 Å². The minimum absolute atomic E-state index is 0.275. The van der Waals surface area contributed by atoms with E-state index in [9.17, 15) is 4.79 Å². The molecule has 2 rings (SSSR count). The van der Waals surface area contributed by atoms with E-state index in [0.717, 1.165) is 19.5 Å². The van der Waals surface area contributed by atoms with E-state index >= 15 is 0 Å². The number of carbonyl (C=O) groups excluding carboxylic acids is 1. The highest BCUT2D eigenvalue weighted by atomic mass is 16.6. The number of nitrogens with one attached hydrogen (secondary N) is 1. The van der Waals surface area contributed by atoms with Crippen molar-refractivity contribution in [3.05, 3.63) is 11.9 Å². The molecule has 1 aromatic heterocycles. The first kappa shape index (κ1) is 15.0. The smallest absolute Gasteiger partial charge is 0.361 e. The zero-order chi connectivity index (χ0) is 14.6. The van der Waals surface area contributed by atoms with Gasteiger partial charge in [-0.1, -0.05) is 11.6 Å². The number of nitrogens with zero attached hydrogens (tertiary/aromatic N) is 3. The lowest BCUT2D eigenvalue weighted by molar-refractivity contribution is 0.00627. The van der Waals surface area contributed by atoms with Crippen LogP contribution in [0.4, 0.5) is 0 Å². The first-order valence-electron chi connectivity index (χ1n) is 7.31. The molecule has 0 amide bonds. The van der Waals surface area contributed by atoms with Crippen LogP contribution in [0.1, 0.15) is 56.9 Å². The maximum atomic E-state index is 11.8. The summed E-state index contributed by atoms with van der Waals surface area (Å²) in [5, 5.41) is 11.4. The van der Waals surface area contributed by atoms with E-state index in [1.165, 1.54) is 19.3 Å². The van der Waals surface area contributed by atoms with E-state index in [1.54, 1.807) is 10.9 Å². The van der Waals surface area contributed by atoms with Gasteiger partial charge in [-0.15, -0.1) is 5.10 Å². The molecule has 20 heavy (non-hydrogen) atoms. The van der Waals surface area contributed by atoms with Gasteiger partial charge >= 0.3 is 5.97 Å². The standard InChI is InChI=1S/C14H24N4O2/c1-14(2,3)20-13(19)12-10-18(17-16-12)9-7-11-6-4-5-8-15-11/h10-11,15H,4-9H2,1-3H3. The molecule has 112 valence electrons. The van der Waals surface area contributed by atoms with Gasteiger partial charge in [0.1, 0.15) is 5.60 Å². The molecule has 1 N–H and O–H groups in total. The van der Waals surface area contributed by atoms with Crippen LogP contribution in [0.3, 0.4) is 0 Å². The number of carbonyl (C=O) groups is 1. The Morgan fingerprint density at radius 2 is 2.30 bits per heavy atom. The van der Waals surface area contributed by atoms with Crippen molar-refractivity contribution in [2.45, 2.75) is 64.6 Å². The molecule has 1 aliphatic rings. The van der Waals surface area contributed by atoms with Gasteiger partial charge in [0.05, 0.1) is 6.20 Å². The van der Waals surface area contributed by atoms with Gasteiger partial charge < -0.3 is 10.1 Å². The molecule has 1 aliphatic heterocycles. The quantitative estimate of drug-likeness (QED) is 0.851. The van der Waals surface area contributed by atoms with Crippen LogP contribution in [0.2, 0.25) is 0 Å². The van der Waals surface area contributed by atoms with Crippen molar-refractivity contribution in [1.82, 2.24) is 20.3 Å². The van der Waals surface area contributed by atoms with Crippen LogP contribution >= 0.6 is 0 Å². The summed E-state index contributed by atoms with van der Waals surface area (Å²) in [6.45, 7) is 7.39. The first-order chi connectivity index (χ1) is 9.44. The summed E-state index contributed by atoms with van der Waals surface area (Å²) < 4.78 is 6.98. The topological polar surface area (TPSA) is 69.0 Å². The monoisotopic (exact) mass is 280 g/mol. The number of hydrogen-bond donors (Lipinski definition) is 1. The Kier molecular flexibility index (Phi) is 4.75. The fourth-order valence-electron chi connectivity index (χ4n) is 2.29. The van der Waals surface area contributed by atoms with Crippen LogP contribution in [0.25, 0.3) is 0 Å². The molecular formula is C14H24N4O2. The molecule has 2 heterocycles. The Bertz CT molecular complexity index is 444. The van der Waals surface area contributed by atoms with Crippen molar-refractivity contribution in [2.75, 3.05) is 6.54 Å². The summed E-state index contributed by atoms with van der Waals surface area (Å²) in [7, 11) is 0. The zero-order valence-corrected chi connectivity index (χ0v) is 12.6. The minimum atomic E-state index is -0.507. The van der Waals surface area contributed by atoms with Crippen LogP contribution in [0, 0.1) is 0 Å². The predicted octanol–water partition coefficient (Wildman–Crippen LogP) is 1.77. The van der Waals surface area contributed by atoms with Gasteiger partial charge in [-0.3, -0.25) is 4.68 Å². The fraction of sp³-hybridized carbons (Fsp3) is 0.786. The molecule has 1 aromatic rings. The van der Waals surface area contributed by atoms with E-state index < -0.39 is 11.6 Å². The number of rotatable bonds is 4. The van der Waals surface area contributed by atoms with Gasteiger partial charge in [-0.05, 0) is 46.6 Å². The Balaban J connectivity index is 1.83. The average molecular weight is 280 g/mol. The summed E-state index contributed by atoms with van der Waals surface area (Å²) in [5.41, 5.74) is -0.232. The average Bonchev–Trinajstić information content (AvgIpc) is 2.84. The summed E-state index contributed by atoms with van der Waals surface area (Å²) in [5.74, 6) is -0.417. The highest BCUT2D eigenvalue weighted by Gasteiger charge is 2.20. The Morgan fingerprint density at radius 1 is 1.50 bits per heavy atom. The van der Waals surface area contributed by atoms with Crippen molar-refractivity contribution < 1.29 is 9.53 Å². The van der Waals surface area contributed by atoms with E-state index in [4.69, 9.17) is 4.74 Å². The van der Waals surface area contributed by atoms with Crippen molar-refractivity contribution in [2.24, 2.45) is 0 Å². The van der Waals surface area contributed by atoms with Crippen LogP contribution in [0.5, 0.6) is 0 Å². The van der Waals surface area contributed by atoms with Crippen LogP contribution in [-0.4, -0.2) is 39.2 Å². The number of ether oxygens (including phenoxy) is 1. The molecule has 1 fully saturated rings. The number of hydrogen-bond acceptors (Lipinski definition) is 5. The first-order valence-corrected chi connectivity index (χ1v) is 7.31. The third-order valence-corrected chi connectivity index (χ3v) is 3.27. The lowest BCUT2D eigenvalue weighted by Gasteiger charge is -2.23. The second kappa shape index (κ2) is 6.35. The van der Waals surface area contributed by atoms with Crippen molar-refractivity contribution in [3.63, 3.8) is 0 Å². The third kappa shape index (κ3) is 4.59. The third-order valence-electron chi connectivity index (χ3n) is 3.27. The van der Waals surface area contributed by atoms with Gasteiger partial charge in [0, 0.05) is 12.6 Å². The van der Waals surface area contributed by atoms with Crippen LogP contribution in [0.15, 0.2) is 6.20 Å². The Labute approximate surface area is 119 Å². The van der Waals surface area contributed by atoms with Gasteiger partial charge in [0.25, 0.3) is 0 Å². The molecule has 6 nitrogen and oxygen atoms in total. The predicted molar refractivity (Wildman–Crippen MR) is 75.4 cm³/mol. The van der Waals surface area contributed by atoms with Gasteiger partial charge in [-0.2, -0.15) is 0 Å². The Morgan fingerprint density at radius 3 is 2.95 bits per heavy atom. The lowest BCUT2D eigenvalue weighted by atomic mass is 10.0. The maximum Gasteiger partial charge on any atom is 0.361 e. The molecule has 1 unspecified atom stereocenters.